The summed E-state index contributed by atoms with van der Waals surface area (Å²) < 4.78 is 5.25. The number of imide groups is 1. The Kier molecular flexibility index (Phi) is 11.4. The second-order valence-electron chi connectivity index (χ2n) is 18.0. The highest BCUT2D eigenvalue weighted by Gasteiger charge is 2.28. The van der Waals surface area contributed by atoms with E-state index in [1.54, 1.807) is 17.4 Å². The van der Waals surface area contributed by atoms with E-state index in [4.69, 9.17) is 9.51 Å². The molecule has 0 aliphatic carbocycles. The minimum atomic E-state index is -0.407. The molecule has 16 heteroatoms. The fourth-order valence-electron chi connectivity index (χ4n) is 8.88. The first-order chi connectivity index (χ1) is 30.4. The van der Waals surface area contributed by atoms with Crippen molar-refractivity contribution in [2.45, 2.75) is 65.3 Å². The number of anilines is 3. The largest absolute Gasteiger partial charge is 0.369 e. The van der Waals surface area contributed by atoms with Gasteiger partial charge in [0, 0.05) is 86.5 Å². The molecule has 3 aliphatic heterocycles. The Balaban J connectivity index is 0.768. The predicted octanol–water partition coefficient (Wildman–Crippen LogP) is 6.65. The van der Waals surface area contributed by atoms with Crippen molar-refractivity contribution in [1.29, 1.82) is 0 Å². The number of nitrogens with one attached hydrogen (secondary N) is 3. The summed E-state index contributed by atoms with van der Waals surface area (Å²) >= 11 is 0. The minimum Gasteiger partial charge on any atom is -0.369 e. The number of aryl methyl sites for hydroxylation is 1. The van der Waals surface area contributed by atoms with Gasteiger partial charge in [0.25, 0.3) is 0 Å². The molecule has 0 saturated carbocycles. The first kappa shape index (κ1) is 41.7. The number of amides is 4. The number of piperidine rings is 1. The number of carbonyl (C=O) groups excluding carboxylic acids is 3. The maximum Gasteiger partial charge on any atom is 0.328 e. The minimum absolute atomic E-state index is 0.0468. The average molecular weight is 851 g/mol. The SMILES string of the molecule is Cc1cc(-c2ncnc3[nH]c(-c4ccc(N5CCN(CC6CCN(c7ccc(N8CCC(=O)NC8=O)cn7)CC6)CC5)cc4)cc23)ccc1C(C)NC(=O)c1nc(C(C)(C)C)no1. The molecule has 6 aromatic rings. The molecule has 1 atom stereocenters. The van der Waals surface area contributed by atoms with Crippen LogP contribution in [0.15, 0.2) is 77.7 Å². The van der Waals surface area contributed by atoms with Gasteiger partial charge >= 0.3 is 17.8 Å². The summed E-state index contributed by atoms with van der Waals surface area (Å²) in [5, 5.41) is 10.3. The third-order valence-corrected chi connectivity index (χ3v) is 12.5. The Morgan fingerprint density at radius 2 is 1.62 bits per heavy atom. The highest BCUT2D eigenvalue weighted by atomic mass is 16.5. The lowest BCUT2D eigenvalue weighted by Gasteiger charge is -2.40. The Labute approximate surface area is 366 Å². The van der Waals surface area contributed by atoms with E-state index in [1.165, 1.54) is 5.69 Å². The zero-order valence-corrected chi connectivity index (χ0v) is 36.5. The van der Waals surface area contributed by atoms with Crippen molar-refractivity contribution >= 4 is 46.1 Å². The molecule has 4 aromatic heterocycles. The Morgan fingerprint density at radius 3 is 2.30 bits per heavy atom. The van der Waals surface area contributed by atoms with Gasteiger partial charge in [-0.25, -0.2) is 19.7 Å². The van der Waals surface area contributed by atoms with Crippen LogP contribution in [0.3, 0.4) is 0 Å². The molecule has 16 nitrogen and oxygen atoms in total. The molecule has 63 heavy (non-hydrogen) atoms. The van der Waals surface area contributed by atoms with Crippen LogP contribution in [0.25, 0.3) is 33.5 Å². The summed E-state index contributed by atoms with van der Waals surface area (Å²) in [7, 11) is 0. The van der Waals surface area contributed by atoms with Gasteiger partial charge < -0.3 is 24.6 Å². The van der Waals surface area contributed by atoms with Crippen LogP contribution in [-0.4, -0.2) is 105 Å². The molecule has 2 aromatic carbocycles. The van der Waals surface area contributed by atoms with Crippen LogP contribution in [0.1, 0.15) is 80.6 Å². The van der Waals surface area contributed by atoms with Crippen LogP contribution < -0.4 is 25.3 Å². The maximum atomic E-state index is 12.9. The van der Waals surface area contributed by atoms with Crippen molar-refractivity contribution in [3.8, 4) is 22.5 Å². The third kappa shape index (κ3) is 8.98. The van der Waals surface area contributed by atoms with E-state index in [0.717, 1.165) is 109 Å². The summed E-state index contributed by atoms with van der Waals surface area (Å²) in [6, 6.07) is 20.3. The number of hydrogen-bond acceptors (Lipinski definition) is 12. The third-order valence-electron chi connectivity index (χ3n) is 12.5. The number of aromatic amines is 1. The summed E-state index contributed by atoms with van der Waals surface area (Å²) in [5.74, 6) is 1.38. The Morgan fingerprint density at radius 1 is 0.873 bits per heavy atom. The fraction of sp³-hybridized carbons (Fsp3) is 0.404. The lowest BCUT2D eigenvalue weighted by atomic mass is 9.96. The molecule has 4 amide bonds. The van der Waals surface area contributed by atoms with Crippen molar-refractivity contribution in [1.82, 2.24) is 45.6 Å². The fourth-order valence-corrected chi connectivity index (χ4v) is 8.88. The van der Waals surface area contributed by atoms with Crippen molar-refractivity contribution < 1.29 is 18.9 Å². The topological polar surface area (TPSA) is 182 Å². The molecule has 0 radical (unpaired) electrons. The van der Waals surface area contributed by atoms with Crippen LogP contribution in [0.4, 0.5) is 22.0 Å². The van der Waals surface area contributed by atoms with Crippen LogP contribution in [-0.2, 0) is 10.2 Å². The standard InChI is InChI=1S/C47H54N12O4/c1-29-24-33(8-12-36(29)30(2)51-43(61)44-54-45(55-63-44)47(3,4)5)41-37-25-38(52-42(37)50-28-49-41)32-6-9-34(10-7-32)57-22-20-56(21-23-57)27-31-14-17-58(18-15-31)39-13-11-35(26-48-39)59-19-16-40(60)53-46(59)62/h6-13,24-26,28,30-31H,14-23,27H2,1-5H3,(H,51,61)(H,49,50,52)(H,53,60,62). The van der Waals surface area contributed by atoms with E-state index >= 15 is 0 Å². The molecule has 9 rings (SSSR count). The average Bonchev–Trinajstić information content (AvgIpc) is 3.97. The Bertz CT molecular complexity index is 2620. The molecule has 3 saturated heterocycles. The van der Waals surface area contributed by atoms with Gasteiger partial charge in [0.2, 0.25) is 5.91 Å². The zero-order chi connectivity index (χ0) is 43.8. The molecule has 3 fully saturated rings. The second-order valence-corrected chi connectivity index (χ2v) is 18.0. The molecular formula is C47H54N12O4. The Hall–Kier alpha value is -6.68. The summed E-state index contributed by atoms with van der Waals surface area (Å²) in [6.07, 6.45) is 5.87. The molecule has 1 unspecified atom stereocenters. The molecule has 3 aliphatic rings. The number of nitrogens with zero attached hydrogens (tertiary/aromatic N) is 9. The number of carbonyl (C=O) groups is 3. The van der Waals surface area contributed by atoms with Gasteiger partial charge in [-0.3, -0.25) is 24.7 Å². The first-order valence-electron chi connectivity index (χ1n) is 21.9. The number of H-pyrrole nitrogens is 1. The normalized spacial score (nSPS) is 17.3. The van der Waals surface area contributed by atoms with E-state index in [2.05, 4.69) is 86.8 Å². The molecular weight excluding hydrogens is 797 g/mol. The van der Waals surface area contributed by atoms with E-state index in [0.29, 0.717) is 30.4 Å². The van der Waals surface area contributed by atoms with Crippen molar-refractivity contribution in [2.75, 3.05) is 67.1 Å². The van der Waals surface area contributed by atoms with Crippen LogP contribution in [0.5, 0.6) is 0 Å². The highest BCUT2D eigenvalue weighted by Crippen LogP contribution is 2.33. The molecule has 7 heterocycles. The molecule has 0 spiro atoms. The van der Waals surface area contributed by atoms with Crippen molar-refractivity contribution in [2.24, 2.45) is 5.92 Å². The monoisotopic (exact) mass is 850 g/mol. The number of aromatic nitrogens is 6. The summed E-state index contributed by atoms with van der Waals surface area (Å²) in [5.41, 5.74) is 8.24. The molecule has 0 bridgehead atoms. The zero-order valence-electron chi connectivity index (χ0n) is 36.5. The number of rotatable bonds is 10. The van der Waals surface area contributed by atoms with E-state index in [-0.39, 0.29) is 29.3 Å². The van der Waals surface area contributed by atoms with E-state index in [9.17, 15) is 14.4 Å². The summed E-state index contributed by atoms with van der Waals surface area (Å²) in [6.45, 7) is 17.3. The van der Waals surface area contributed by atoms with Gasteiger partial charge in [-0.1, -0.05) is 50.2 Å². The van der Waals surface area contributed by atoms with Gasteiger partial charge in [-0.05, 0) is 85.7 Å². The number of benzene rings is 2. The van der Waals surface area contributed by atoms with Crippen LogP contribution >= 0.6 is 0 Å². The van der Waals surface area contributed by atoms with Crippen molar-refractivity contribution in [3.63, 3.8) is 0 Å². The maximum absolute atomic E-state index is 12.9. The van der Waals surface area contributed by atoms with Gasteiger partial charge in [0.05, 0.1) is 23.6 Å². The number of fused-ring (bicyclic) bond motifs is 1. The van der Waals surface area contributed by atoms with E-state index < -0.39 is 5.91 Å². The number of pyridine rings is 1. The second kappa shape index (κ2) is 17.2. The van der Waals surface area contributed by atoms with Crippen molar-refractivity contribution in [3.05, 3.63) is 96.0 Å². The number of hydrogen-bond donors (Lipinski definition) is 3. The number of piperazine rings is 1. The summed E-state index contributed by atoms with van der Waals surface area (Å²) in [4.78, 5) is 67.4. The van der Waals surface area contributed by atoms with Crippen LogP contribution in [0, 0.1) is 12.8 Å². The predicted molar refractivity (Wildman–Crippen MR) is 242 cm³/mol. The number of urea groups is 1. The molecule has 326 valence electrons. The van der Waals surface area contributed by atoms with E-state index in [1.807, 2.05) is 58.9 Å². The highest BCUT2D eigenvalue weighted by molar-refractivity contribution is 6.05. The van der Waals surface area contributed by atoms with Gasteiger partial charge in [-0.2, -0.15) is 4.98 Å². The first-order valence-corrected chi connectivity index (χ1v) is 21.9. The van der Waals surface area contributed by atoms with Gasteiger partial charge in [0.1, 0.15) is 17.8 Å². The van der Waals surface area contributed by atoms with Gasteiger partial charge in [-0.15, -0.1) is 0 Å². The van der Waals surface area contributed by atoms with Gasteiger partial charge in [0.15, 0.2) is 5.82 Å². The lowest BCUT2D eigenvalue weighted by Crippen LogP contribution is -2.49. The smallest absolute Gasteiger partial charge is 0.328 e. The lowest BCUT2D eigenvalue weighted by molar-refractivity contribution is -0.120. The van der Waals surface area contributed by atoms with Crippen LogP contribution in [0.2, 0.25) is 0 Å². The quantitative estimate of drug-likeness (QED) is 0.134. The molecule has 3 N–H and O–H groups in total.